The van der Waals surface area contributed by atoms with Crippen LogP contribution >= 0.6 is 0 Å². The quantitative estimate of drug-likeness (QED) is 0.353. The number of hydrogen-bond acceptors (Lipinski definition) is 2. The van der Waals surface area contributed by atoms with Crippen molar-refractivity contribution in [2.45, 2.75) is 19.8 Å². The molecular weight excluding hydrogens is 272 g/mol. The van der Waals surface area contributed by atoms with E-state index in [9.17, 15) is 4.79 Å². The first kappa shape index (κ1) is 15.6. The molecule has 0 unspecified atom stereocenters. The van der Waals surface area contributed by atoms with Crippen LogP contribution in [0.15, 0.2) is 55.1 Å². The molecule has 110 valence electrons. The molecule has 0 aromatic heterocycles. The maximum atomic E-state index is 11.3. The molecule has 0 spiro atoms. The minimum absolute atomic E-state index is 0.374. The molecule has 0 aliphatic heterocycles. The molecule has 0 saturated carbocycles. The predicted octanol–water partition coefficient (Wildman–Crippen LogP) is 4.38. The largest absolute Gasteiger partial charge is 0.422 e. The van der Waals surface area contributed by atoms with E-state index in [4.69, 9.17) is 11.2 Å². The third-order valence-corrected chi connectivity index (χ3v) is 3.34. The van der Waals surface area contributed by atoms with Crippen molar-refractivity contribution in [3.63, 3.8) is 0 Å². The molecular formula is C20H18O2. The summed E-state index contributed by atoms with van der Waals surface area (Å²) in [5, 5.41) is 0. The van der Waals surface area contributed by atoms with Gasteiger partial charge in [0.05, 0.1) is 5.56 Å². The van der Waals surface area contributed by atoms with E-state index in [0.29, 0.717) is 11.3 Å². The zero-order valence-electron chi connectivity index (χ0n) is 12.6. The molecule has 0 aliphatic rings. The molecule has 2 aromatic rings. The highest BCUT2D eigenvalue weighted by molar-refractivity contribution is 5.84. The zero-order chi connectivity index (χ0) is 15.9. The fourth-order valence-corrected chi connectivity index (χ4v) is 2.21. The minimum atomic E-state index is -0.520. The van der Waals surface area contributed by atoms with Gasteiger partial charge >= 0.3 is 5.97 Å². The Kier molecular flexibility index (Phi) is 5.16. The van der Waals surface area contributed by atoms with Gasteiger partial charge in [-0.05, 0) is 35.2 Å². The molecule has 0 radical (unpaired) electrons. The van der Waals surface area contributed by atoms with Crippen LogP contribution in [0, 0.1) is 12.3 Å². The standard InChI is InChI=1S/C20H18O2/c1-4-7-15-8-10-17(11-9-15)18-12-13-19(16(5-2)14-18)22-20(21)6-3/h2,6,8-14H,3-4,7H2,1H3. The van der Waals surface area contributed by atoms with E-state index >= 15 is 0 Å². The highest BCUT2D eigenvalue weighted by Gasteiger charge is 2.08. The van der Waals surface area contributed by atoms with Crippen molar-refractivity contribution >= 4 is 5.97 Å². The number of terminal acetylenes is 1. The van der Waals surface area contributed by atoms with E-state index in [1.807, 2.05) is 12.1 Å². The van der Waals surface area contributed by atoms with Gasteiger partial charge in [0, 0.05) is 6.08 Å². The second-order valence-electron chi connectivity index (χ2n) is 4.93. The Hall–Kier alpha value is -2.79. The van der Waals surface area contributed by atoms with Crippen LogP contribution < -0.4 is 4.74 Å². The minimum Gasteiger partial charge on any atom is -0.422 e. The topological polar surface area (TPSA) is 26.3 Å². The first-order chi connectivity index (χ1) is 10.7. The molecule has 2 aromatic carbocycles. The van der Waals surface area contributed by atoms with E-state index in [2.05, 4.69) is 43.7 Å². The van der Waals surface area contributed by atoms with Gasteiger partial charge in [-0.3, -0.25) is 0 Å². The van der Waals surface area contributed by atoms with E-state index in [1.165, 1.54) is 5.56 Å². The SMILES string of the molecule is C#Cc1cc(-c2ccc(CCC)cc2)ccc1OC(=O)C=C. The van der Waals surface area contributed by atoms with E-state index < -0.39 is 5.97 Å². The Bertz CT molecular complexity index is 718. The summed E-state index contributed by atoms with van der Waals surface area (Å²) in [5.41, 5.74) is 3.94. The van der Waals surface area contributed by atoms with Gasteiger partial charge in [0.15, 0.2) is 0 Å². The fourth-order valence-electron chi connectivity index (χ4n) is 2.21. The summed E-state index contributed by atoms with van der Waals surface area (Å²) in [7, 11) is 0. The molecule has 0 atom stereocenters. The second-order valence-corrected chi connectivity index (χ2v) is 4.93. The van der Waals surface area contributed by atoms with Crippen LogP contribution in [0.5, 0.6) is 5.75 Å². The van der Waals surface area contributed by atoms with Crippen molar-refractivity contribution in [3.8, 4) is 29.2 Å². The normalized spacial score (nSPS) is 9.82. The van der Waals surface area contributed by atoms with Crippen molar-refractivity contribution in [1.82, 2.24) is 0 Å². The van der Waals surface area contributed by atoms with Crippen molar-refractivity contribution in [1.29, 1.82) is 0 Å². The first-order valence-electron chi connectivity index (χ1n) is 7.22. The highest BCUT2D eigenvalue weighted by Crippen LogP contribution is 2.27. The second kappa shape index (κ2) is 7.28. The van der Waals surface area contributed by atoms with Gasteiger partial charge in [0.2, 0.25) is 0 Å². The predicted molar refractivity (Wildman–Crippen MR) is 89.6 cm³/mol. The highest BCUT2D eigenvalue weighted by atomic mass is 16.5. The summed E-state index contributed by atoms with van der Waals surface area (Å²) in [6.07, 6.45) is 8.83. The van der Waals surface area contributed by atoms with Crippen LogP contribution in [-0.2, 0) is 11.2 Å². The van der Waals surface area contributed by atoms with Gasteiger partial charge < -0.3 is 4.74 Å². The molecule has 0 amide bonds. The molecule has 2 heteroatoms. The number of ether oxygens (including phenoxy) is 1. The molecule has 0 fully saturated rings. The molecule has 2 rings (SSSR count). The van der Waals surface area contributed by atoms with Gasteiger partial charge in [0.1, 0.15) is 5.75 Å². The Labute approximate surface area is 131 Å². The zero-order valence-corrected chi connectivity index (χ0v) is 12.6. The third kappa shape index (κ3) is 3.65. The van der Waals surface area contributed by atoms with Crippen molar-refractivity contribution in [2.24, 2.45) is 0 Å². The van der Waals surface area contributed by atoms with Gasteiger partial charge in [0.25, 0.3) is 0 Å². The third-order valence-electron chi connectivity index (χ3n) is 3.34. The number of carbonyl (C=O) groups excluding carboxylic acids is 1. The molecule has 0 N–H and O–H groups in total. The van der Waals surface area contributed by atoms with Gasteiger partial charge in [-0.1, -0.05) is 56.2 Å². The molecule has 22 heavy (non-hydrogen) atoms. The summed E-state index contributed by atoms with van der Waals surface area (Å²) < 4.78 is 5.13. The Morgan fingerprint density at radius 1 is 1.23 bits per heavy atom. The Morgan fingerprint density at radius 3 is 2.50 bits per heavy atom. The van der Waals surface area contributed by atoms with E-state index in [1.54, 1.807) is 6.07 Å². The number of aryl methyl sites for hydroxylation is 1. The first-order valence-corrected chi connectivity index (χ1v) is 7.22. The monoisotopic (exact) mass is 290 g/mol. The summed E-state index contributed by atoms with van der Waals surface area (Å²) in [4.78, 5) is 11.3. The molecule has 0 saturated heterocycles. The number of esters is 1. The smallest absolute Gasteiger partial charge is 0.335 e. The lowest BCUT2D eigenvalue weighted by Gasteiger charge is -2.08. The van der Waals surface area contributed by atoms with Crippen LogP contribution in [-0.4, -0.2) is 5.97 Å². The fraction of sp³-hybridized carbons (Fsp3) is 0.150. The van der Waals surface area contributed by atoms with E-state index in [-0.39, 0.29) is 0 Å². The van der Waals surface area contributed by atoms with E-state index in [0.717, 1.165) is 30.0 Å². The van der Waals surface area contributed by atoms with Crippen LogP contribution in [0.25, 0.3) is 11.1 Å². The average Bonchev–Trinajstić information content (AvgIpc) is 2.56. The Balaban J connectivity index is 2.31. The molecule has 0 aliphatic carbocycles. The number of carbonyl (C=O) groups is 1. The van der Waals surface area contributed by atoms with Gasteiger partial charge in [-0.2, -0.15) is 0 Å². The van der Waals surface area contributed by atoms with Crippen LogP contribution in [0.2, 0.25) is 0 Å². The number of benzene rings is 2. The van der Waals surface area contributed by atoms with Gasteiger partial charge in [-0.25, -0.2) is 4.79 Å². The summed E-state index contributed by atoms with van der Waals surface area (Å²) in [6.45, 7) is 5.54. The summed E-state index contributed by atoms with van der Waals surface area (Å²) in [6, 6.07) is 13.9. The maximum absolute atomic E-state index is 11.3. The Morgan fingerprint density at radius 2 is 1.91 bits per heavy atom. The average molecular weight is 290 g/mol. The summed E-state index contributed by atoms with van der Waals surface area (Å²) in [5.74, 6) is 2.41. The van der Waals surface area contributed by atoms with Crippen molar-refractivity contribution in [3.05, 3.63) is 66.2 Å². The van der Waals surface area contributed by atoms with Gasteiger partial charge in [-0.15, -0.1) is 6.42 Å². The van der Waals surface area contributed by atoms with Crippen LogP contribution in [0.4, 0.5) is 0 Å². The molecule has 2 nitrogen and oxygen atoms in total. The summed E-state index contributed by atoms with van der Waals surface area (Å²) >= 11 is 0. The lowest BCUT2D eigenvalue weighted by atomic mass is 10.0. The number of rotatable bonds is 5. The lowest BCUT2D eigenvalue weighted by molar-refractivity contribution is -0.128. The van der Waals surface area contributed by atoms with Crippen molar-refractivity contribution < 1.29 is 9.53 Å². The number of hydrogen-bond donors (Lipinski definition) is 0. The lowest BCUT2D eigenvalue weighted by Crippen LogP contribution is -2.04. The maximum Gasteiger partial charge on any atom is 0.335 e. The molecule has 0 heterocycles. The molecule has 0 bridgehead atoms. The van der Waals surface area contributed by atoms with Crippen molar-refractivity contribution in [2.75, 3.05) is 0 Å². The van der Waals surface area contributed by atoms with Crippen LogP contribution in [0.1, 0.15) is 24.5 Å². The van der Waals surface area contributed by atoms with Crippen LogP contribution in [0.3, 0.4) is 0 Å².